The maximum Gasteiger partial charge on any atom is 0.206 e. The highest BCUT2D eigenvalue weighted by Gasteiger charge is 2.29. The average molecular weight is 404 g/mol. The van der Waals surface area contributed by atoms with Gasteiger partial charge in [0.15, 0.2) is 0 Å². The van der Waals surface area contributed by atoms with Crippen molar-refractivity contribution in [3.8, 4) is 0 Å². The molecule has 2 aliphatic rings. The van der Waals surface area contributed by atoms with E-state index in [0.29, 0.717) is 5.69 Å². The van der Waals surface area contributed by atoms with Crippen molar-refractivity contribution < 1.29 is 4.39 Å². The van der Waals surface area contributed by atoms with Gasteiger partial charge in [0.1, 0.15) is 12.1 Å². The second-order valence-corrected chi connectivity index (χ2v) is 7.50. The van der Waals surface area contributed by atoms with E-state index in [1.807, 2.05) is 30.2 Å². The van der Waals surface area contributed by atoms with Crippen LogP contribution in [0, 0.1) is 11.7 Å². The molecule has 0 bridgehead atoms. The molecule has 0 saturated carbocycles. The van der Waals surface area contributed by atoms with Crippen LogP contribution >= 0.6 is 0 Å². The summed E-state index contributed by atoms with van der Waals surface area (Å²) in [7, 11) is 1.96. The number of benzene rings is 1. The van der Waals surface area contributed by atoms with Crippen LogP contribution in [0.2, 0.25) is 0 Å². The third-order valence-corrected chi connectivity index (χ3v) is 5.47. The van der Waals surface area contributed by atoms with Crippen molar-refractivity contribution in [2.45, 2.75) is 12.8 Å². The summed E-state index contributed by atoms with van der Waals surface area (Å²) in [4.78, 5) is 17.4. The average Bonchev–Trinajstić information content (AvgIpc) is 2.78. The molecule has 0 aliphatic carbocycles. The van der Waals surface area contributed by atoms with Crippen LogP contribution in [0.25, 0.3) is 5.70 Å². The number of aromatic nitrogens is 2. The first-order chi connectivity index (χ1) is 14.5. The van der Waals surface area contributed by atoms with Gasteiger partial charge in [0.2, 0.25) is 5.96 Å². The van der Waals surface area contributed by atoms with Gasteiger partial charge in [0.25, 0.3) is 0 Å². The van der Waals surface area contributed by atoms with E-state index in [9.17, 15) is 4.39 Å². The van der Waals surface area contributed by atoms with Crippen molar-refractivity contribution in [1.82, 2.24) is 19.8 Å². The molecular weight excluding hydrogens is 379 g/mol. The zero-order chi connectivity index (χ0) is 21.1. The van der Waals surface area contributed by atoms with E-state index >= 15 is 0 Å². The molecule has 0 spiro atoms. The van der Waals surface area contributed by atoms with Crippen molar-refractivity contribution in [2.75, 3.05) is 25.5 Å². The topological polar surface area (TPSA) is 56.6 Å². The number of nitrogens with one attached hydrogen (secondary N) is 1. The standard InChI is InChI=1S/C23H25FN6/c1-16-13-22(21-10-11-25-15-26-21)28-23(29(16)3)30-12-6-7-18(14-30)17(2)27-20-9-5-4-8-19(20)24/h4-5,8-11,13,15,18,27H,1-2,6-7,12,14H2,3H3. The van der Waals surface area contributed by atoms with Crippen molar-refractivity contribution in [3.05, 3.63) is 85.0 Å². The summed E-state index contributed by atoms with van der Waals surface area (Å²) < 4.78 is 14.0. The number of halogens is 1. The van der Waals surface area contributed by atoms with Gasteiger partial charge >= 0.3 is 0 Å². The summed E-state index contributed by atoms with van der Waals surface area (Å²) in [6, 6.07) is 8.50. The molecule has 1 aromatic heterocycles. The molecule has 0 radical (unpaired) electrons. The number of rotatable bonds is 4. The largest absolute Gasteiger partial charge is 0.357 e. The zero-order valence-electron chi connectivity index (χ0n) is 17.1. The molecule has 1 N–H and O–H groups in total. The molecule has 1 saturated heterocycles. The van der Waals surface area contributed by atoms with E-state index in [-0.39, 0.29) is 11.7 Å². The fourth-order valence-electron chi connectivity index (χ4n) is 3.74. The molecule has 2 aliphatic heterocycles. The number of piperidine rings is 1. The molecule has 6 nitrogen and oxygen atoms in total. The molecule has 154 valence electrons. The Morgan fingerprint density at radius 2 is 2.10 bits per heavy atom. The number of aliphatic imine (C=N–C) groups is 1. The van der Waals surface area contributed by atoms with Crippen LogP contribution in [0.3, 0.4) is 0 Å². The third kappa shape index (κ3) is 4.10. The van der Waals surface area contributed by atoms with Crippen LogP contribution < -0.4 is 5.32 Å². The normalized spacial score (nSPS) is 19.3. The fourth-order valence-corrected chi connectivity index (χ4v) is 3.74. The Hall–Kier alpha value is -3.48. The second-order valence-electron chi connectivity index (χ2n) is 7.50. The van der Waals surface area contributed by atoms with E-state index in [1.165, 1.54) is 12.4 Å². The van der Waals surface area contributed by atoms with E-state index in [4.69, 9.17) is 4.99 Å². The molecule has 1 aromatic carbocycles. The van der Waals surface area contributed by atoms with Gasteiger partial charge < -0.3 is 15.1 Å². The number of nitrogens with zero attached hydrogens (tertiary/aromatic N) is 5. The number of para-hydroxylation sites is 1. The Balaban J connectivity index is 1.52. The Morgan fingerprint density at radius 3 is 2.87 bits per heavy atom. The Labute approximate surface area is 176 Å². The monoisotopic (exact) mass is 404 g/mol. The lowest BCUT2D eigenvalue weighted by Gasteiger charge is -2.40. The van der Waals surface area contributed by atoms with Crippen LogP contribution in [0.15, 0.2) is 78.5 Å². The molecular formula is C23H25FN6. The molecule has 7 heteroatoms. The highest BCUT2D eigenvalue weighted by molar-refractivity contribution is 5.90. The first kappa shape index (κ1) is 19.8. The lowest BCUT2D eigenvalue weighted by Crippen LogP contribution is -2.48. The van der Waals surface area contributed by atoms with Gasteiger partial charge in [-0.05, 0) is 37.1 Å². The van der Waals surface area contributed by atoms with E-state index in [0.717, 1.165) is 54.7 Å². The smallest absolute Gasteiger partial charge is 0.206 e. The van der Waals surface area contributed by atoms with Crippen LogP contribution in [-0.2, 0) is 0 Å². The number of allylic oxidation sites excluding steroid dienone is 1. The Morgan fingerprint density at radius 1 is 1.27 bits per heavy atom. The second kappa shape index (κ2) is 8.49. The third-order valence-electron chi connectivity index (χ3n) is 5.47. The molecule has 1 fully saturated rings. The minimum absolute atomic E-state index is 0.177. The highest BCUT2D eigenvalue weighted by Crippen LogP contribution is 2.29. The number of likely N-dealkylation sites (N-methyl/N-ethyl adjacent to an activating group) is 1. The first-order valence-corrected chi connectivity index (χ1v) is 9.97. The van der Waals surface area contributed by atoms with Crippen LogP contribution in [0.1, 0.15) is 18.5 Å². The molecule has 0 amide bonds. The molecule has 3 heterocycles. The molecule has 1 atom stereocenters. The van der Waals surface area contributed by atoms with Gasteiger partial charge in [-0.3, -0.25) is 0 Å². The summed E-state index contributed by atoms with van der Waals surface area (Å²) in [6.45, 7) is 9.98. The molecule has 1 unspecified atom stereocenters. The number of guanidine groups is 1. The van der Waals surface area contributed by atoms with Crippen molar-refractivity contribution in [2.24, 2.45) is 10.9 Å². The Bertz CT molecular complexity index is 1010. The molecule has 2 aromatic rings. The van der Waals surface area contributed by atoms with Crippen LogP contribution in [0.5, 0.6) is 0 Å². The SMILES string of the molecule is C=C(Nc1ccccc1F)C1CCCN(C2=NC(c3ccncn3)=CC(=C)N2C)C1. The summed E-state index contributed by atoms with van der Waals surface area (Å²) >= 11 is 0. The van der Waals surface area contributed by atoms with Crippen molar-refractivity contribution in [3.63, 3.8) is 0 Å². The maximum absolute atomic E-state index is 14.0. The Kier molecular flexibility index (Phi) is 5.61. The van der Waals surface area contributed by atoms with Gasteiger partial charge in [0, 0.05) is 43.6 Å². The minimum atomic E-state index is -0.279. The van der Waals surface area contributed by atoms with Gasteiger partial charge in [0.05, 0.1) is 17.1 Å². The van der Waals surface area contributed by atoms with Crippen LogP contribution in [0.4, 0.5) is 10.1 Å². The highest BCUT2D eigenvalue weighted by atomic mass is 19.1. The fraction of sp³-hybridized carbons (Fsp3) is 0.261. The van der Waals surface area contributed by atoms with Gasteiger partial charge in [-0.15, -0.1) is 0 Å². The summed E-state index contributed by atoms with van der Waals surface area (Å²) in [5, 5.41) is 3.16. The van der Waals surface area contributed by atoms with E-state index in [2.05, 4.69) is 33.3 Å². The first-order valence-electron chi connectivity index (χ1n) is 9.97. The maximum atomic E-state index is 14.0. The van der Waals surface area contributed by atoms with Crippen LogP contribution in [-0.4, -0.2) is 45.9 Å². The molecule has 30 heavy (non-hydrogen) atoms. The number of anilines is 1. The minimum Gasteiger partial charge on any atom is -0.357 e. The zero-order valence-corrected chi connectivity index (χ0v) is 17.1. The van der Waals surface area contributed by atoms with E-state index in [1.54, 1.807) is 18.3 Å². The summed E-state index contributed by atoms with van der Waals surface area (Å²) in [5.74, 6) is 0.731. The summed E-state index contributed by atoms with van der Waals surface area (Å²) in [6.07, 6.45) is 7.13. The van der Waals surface area contributed by atoms with Gasteiger partial charge in [-0.1, -0.05) is 25.3 Å². The quantitative estimate of drug-likeness (QED) is 0.831. The van der Waals surface area contributed by atoms with Gasteiger partial charge in [-0.25, -0.2) is 19.4 Å². The van der Waals surface area contributed by atoms with Crippen molar-refractivity contribution >= 4 is 17.3 Å². The van der Waals surface area contributed by atoms with E-state index < -0.39 is 0 Å². The van der Waals surface area contributed by atoms with Crippen molar-refractivity contribution in [1.29, 1.82) is 0 Å². The molecule has 4 rings (SSSR count). The lowest BCUT2D eigenvalue weighted by molar-refractivity contribution is 0.264. The predicted molar refractivity (Wildman–Crippen MR) is 118 cm³/mol. The van der Waals surface area contributed by atoms with Gasteiger partial charge in [-0.2, -0.15) is 0 Å². The lowest BCUT2D eigenvalue weighted by atomic mass is 9.95. The predicted octanol–water partition coefficient (Wildman–Crippen LogP) is 4.11. The number of likely N-dealkylation sites (tertiary alicyclic amines) is 1. The number of hydrogen-bond donors (Lipinski definition) is 1. The summed E-state index contributed by atoms with van der Waals surface area (Å²) in [5.41, 5.74) is 3.64. The number of hydrogen-bond acceptors (Lipinski definition) is 6.